The topological polar surface area (TPSA) is 65.1 Å². The van der Waals surface area contributed by atoms with E-state index in [1.807, 2.05) is 23.1 Å². The van der Waals surface area contributed by atoms with Gasteiger partial charge in [0.15, 0.2) is 0 Å². The van der Waals surface area contributed by atoms with Crippen LogP contribution in [-0.2, 0) is 0 Å². The smallest absolute Gasteiger partial charge is 0.274 e. The van der Waals surface area contributed by atoms with E-state index >= 15 is 0 Å². The van der Waals surface area contributed by atoms with Crippen LogP contribution in [0.5, 0.6) is 0 Å². The summed E-state index contributed by atoms with van der Waals surface area (Å²) in [6.07, 6.45) is 1.73. The van der Waals surface area contributed by atoms with Crippen LogP contribution in [0.3, 0.4) is 0 Å². The molecule has 0 unspecified atom stereocenters. The van der Waals surface area contributed by atoms with Crippen molar-refractivity contribution in [2.75, 3.05) is 31.1 Å². The maximum atomic E-state index is 12.5. The number of hydrogen-bond donors (Lipinski definition) is 1. The Kier molecular flexibility index (Phi) is 4.52. The number of nitrogens with one attached hydrogen (secondary N) is 1. The van der Waals surface area contributed by atoms with Gasteiger partial charge in [0.2, 0.25) is 0 Å². The summed E-state index contributed by atoms with van der Waals surface area (Å²) in [5.74, 6) is 1.08. The van der Waals surface area contributed by atoms with Crippen LogP contribution in [-0.4, -0.2) is 52.2 Å². The lowest BCUT2D eigenvalue weighted by Gasteiger charge is -2.35. The van der Waals surface area contributed by atoms with Crippen LogP contribution in [0.25, 0.3) is 0 Å². The summed E-state index contributed by atoms with van der Waals surface area (Å²) in [4.78, 5) is 20.8. The Hall–Kier alpha value is -2.08. The number of carbonyl (C=O) groups is 1. The summed E-state index contributed by atoms with van der Waals surface area (Å²) >= 11 is 6.19. The minimum atomic E-state index is -0.0279. The van der Waals surface area contributed by atoms with Crippen molar-refractivity contribution in [2.45, 2.75) is 19.8 Å². The van der Waals surface area contributed by atoms with E-state index in [0.717, 1.165) is 11.5 Å². The molecule has 2 aromatic heterocycles. The molecule has 1 aliphatic rings. The normalized spacial score (nSPS) is 15.3. The van der Waals surface area contributed by atoms with Gasteiger partial charge in [0.25, 0.3) is 5.91 Å². The van der Waals surface area contributed by atoms with Gasteiger partial charge in [-0.15, -0.1) is 0 Å². The molecule has 0 aromatic carbocycles. The second-order valence-corrected chi connectivity index (χ2v) is 6.36. The van der Waals surface area contributed by atoms with E-state index in [9.17, 15) is 4.79 Å². The van der Waals surface area contributed by atoms with Crippen LogP contribution in [0, 0.1) is 0 Å². The Bertz CT molecular complexity index is 691. The average Bonchev–Trinajstić information content (AvgIpc) is 3.05. The third-order valence-corrected chi connectivity index (χ3v) is 4.34. The van der Waals surface area contributed by atoms with Crippen molar-refractivity contribution in [2.24, 2.45) is 0 Å². The fourth-order valence-corrected chi connectivity index (χ4v) is 2.88. The lowest BCUT2D eigenvalue weighted by atomic mass is 10.1. The van der Waals surface area contributed by atoms with E-state index in [1.165, 1.54) is 0 Å². The van der Waals surface area contributed by atoms with Gasteiger partial charge in [-0.2, -0.15) is 5.10 Å². The monoisotopic (exact) mass is 333 g/mol. The van der Waals surface area contributed by atoms with Crippen molar-refractivity contribution in [1.82, 2.24) is 20.1 Å². The molecule has 122 valence electrons. The number of rotatable bonds is 3. The largest absolute Gasteiger partial charge is 0.352 e. The standard InChI is InChI=1S/C16H20ClN5O/c1-11(2)13-10-14(20-19-13)16(23)22-8-6-21(7-9-22)15-12(17)4-3-5-18-15/h3-5,10-11H,6-9H2,1-2H3,(H,19,20). The van der Waals surface area contributed by atoms with Crippen molar-refractivity contribution in [3.8, 4) is 0 Å². The van der Waals surface area contributed by atoms with Crippen LogP contribution < -0.4 is 4.90 Å². The zero-order valence-corrected chi connectivity index (χ0v) is 14.0. The molecule has 1 N–H and O–H groups in total. The van der Waals surface area contributed by atoms with Crippen molar-refractivity contribution >= 4 is 23.3 Å². The number of amides is 1. The van der Waals surface area contributed by atoms with Crippen molar-refractivity contribution < 1.29 is 4.79 Å². The first-order valence-corrected chi connectivity index (χ1v) is 8.14. The number of halogens is 1. The summed E-state index contributed by atoms with van der Waals surface area (Å²) in [7, 11) is 0. The predicted octanol–water partition coefficient (Wildman–Crippen LogP) is 2.54. The summed E-state index contributed by atoms with van der Waals surface area (Å²) in [5.41, 5.74) is 1.46. The molecule has 2 aromatic rings. The first-order chi connectivity index (χ1) is 11.1. The van der Waals surface area contributed by atoms with E-state index in [1.54, 1.807) is 6.20 Å². The highest BCUT2D eigenvalue weighted by molar-refractivity contribution is 6.32. The molecule has 1 amide bonds. The lowest BCUT2D eigenvalue weighted by molar-refractivity contribution is 0.0740. The number of aromatic amines is 1. The third-order valence-electron chi connectivity index (χ3n) is 4.04. The van der Waals surface area contributed by atoms with Crippen LogP contribution in [0.1, 0.15) is 35.9 Å². The number of aromatic nitrogens is 3. The number of carbonyl (C=O) groups excluding carboxylic acids is 1. The molecule has 1 fully saturated rings. The third kappa shape index (κ3) is 3.32. The minimum absolute atomic E-state index is 0.0279. The van der Waals surface area contributed by atoms with Gasteiger partial charge in [0, 0.05) is 38.1 Å². The average molecular weight is 334 g/mol. The molecule has 1 aliphatic heterocycles. The maximum Gasteiger partial charge on any atom is 0.274 e. The molecule has 0 radical (unpaired) electrons. The number of piperazine rings is 1. The van der Waals surface area contributed by atoms with Crippen molar-refractivity contribution in [3.63, 3.8) is 0 Å². The van der Waals surface area contributed by atoms with E-state index < -0.39 is 0 Å². The molecule has 3 rings (SSSR count). The fourth-order valence-electron chi connectivity index (χ4n) is 2.64. The minimum Gasteiger partial charge on any atom is -0.352 e. The van der Waals surface area contributed by atoms with Gasteiger partial charge in [0.1, 0.15) is 11.5 Å². The van der Waals surface area contributed by atoms with Crippen LogP contribution >= 0.6 is 11.6 Å². The Labute approximate surface area is 140 Å². The summed E-state index contributed by atoms with van der Waals surface area (Å²) < 4.78 is 0. The van der Waals surface area contributed by atoms with Gasteiger partial charge >= 0.3 is 0 Å². The van der Waals surface area contributed by atoms with Crippen molar-refractivity contribution in [1.29, 1.82) is 0 Å². The summed E-state index contributed by atoms with van der Waals surface area (Å²) in [5, 5.41) is 7.71. The first-order valence-electron chi connectivity index (χ1n) is 7.76. The summed E-state index contributed by atoms with van der Waals surface area (Å²) in [6, 6.07) is 5.49. The molecule has 3 heterocycles. The molecule has 0 aliphatic carbocycles. The SMILES string of the molecule is CC(C)c1cc(C(=O)N2CCN(c3ncccc3Cl)CC2)n[nH]1. The van der Waals surface area contributed by atoms with Gasteiger partial charge in [-0.3, -0.25) is 9.89 Å². The Morgan fingerprint density at radius 3 is 2.65 bits per heavy atom. The number of nitrogens with zero attached hydrogens (tertiary/aromatic N) is 4. The second kappa shape index (κ2) is 6.58. The molecular formula is C16H20ClN5O. The van der Waals surface area contributed by atoms with Gasteiger partial charge in [0.05, 0.1) is 5.02 Å². The Morgan fingerprint density at radius 1 is 1.30 bits per heavy atom. The highest BCUT2D eigenvalue weighted by atomic mass is 35.5. The zero-order chi connectivity index (χ0) is 16.4. The molecule has 6 nitrogen and oxygen atoms in total. The molecule has 23 heavy (non-hydrogen) atoms. The first kappa shape index (κ1) is 15.8. The van der Waals surface area contributed by atoms with Gasteiger partial charge in [-0.25, -0.2) is 4.98 Å². The quantitative estimate of drug-likeness (QED) is 0.937. The molecule has 1 saturated heterocycles. The number of anilines is 1. The van der Waals surface area contributed by atoms with Gasteiger partial charge < -0.3 is 9.80 Å². The highest BCUT2D eigenvalue weighted by Crippen LogP contribution is 2.23. The van der Waals surface area contributed by atoms with Crippen molar-refractivity contribution in [3.05, 3.63) is 40.8 Å². The zero-order valence-electron chi connectivity index (χ0n) is 13.3. The lowest BCUT2D eigenvalue weighted by Crippen LogP contribution is -2.49. The highest BCUT2D eigenvalue weighted by Gasteiger charge is 2.25. The fraction of sp³-hybridized carbons (Fsp3) is 0.438. The van der Waals surface area contributed by atoms with Crippen LogP contribution in [0.2, 0.25) is 5.02 Å². The van der Waals surface area contributed by atoms with E-state index in [2.05, 4.69) is 33.9 Å². The second-order valence-electron chi connectivity index (χ2n) is 5.95. The number of hydrogen-bond acceptors (Lipinski definition) is 4. The Balaban J connectivity index is 1.64. The van der Waals surface area contributed by atoms with E-state index in [4.69, 9.17) is 11.6 Å². The Morgan fingerprint density at radius 2 is 2.04 bits per heavy atom. The molecule has 0 atom stereocenters. The molecule has 0 spiro atoms. The number of pyridine rings is 1. The van der Waals surface area contributed by atoms with Crippen LogP contribution in [0.15, 0.2) is 24.4 Å². The molecule has 7 heteroatoms. The van der Waals surface area contributed by atoms with E-state index in [0.29, 0.717) is 42.8 Å². The molecule has 0 saturated carbocycles. The molecule has 0 bridgehead atoms. The van der Waals surface area contributed by atoms with Gasteiger partial charge in [-0.05, 0) is 24.1 Å². The summed E-state index contributed by atoms with van der Waals surface area (Å²) in [6.45, 7) is 6.83. The molecular weight excluding hydrogens is 314 g/mol. The van der Waals surface area contributed by atoms with E-state index in [-0.39, 0.29) is 5.91 Å². The van der Waals surface area contributed by atoms with Gasteiger partial charge in [-0.1, -0.05) is 25.4 Å². The number of H-pyrrole nitrogens is 1. The maximum absolute atomic E-state index is 12.5. The predicted molar refractivity (Wildman–Crippen MR) is 90.0 cm³/mol. The van der Waals surface area contributed by atoms with Crippen LogP contribution in [0.4, 0.5) is 5.82 Å².